The topological polar surface area (TPSA) is 69.8 Å². The lowest BCUT2D eigenvalue weighted by Crippen LogP contribution is -2.28. The minimum Gasteiger partial charge on any atom is -0.324 e. The van der Waals surface area contributed by atoms with Crippen LogP contribution in [0, 0.1) is 0 Å². The first-order valence-corrected chi connectivity index (χ1v) is 5.74. The quantitative estimate of drug-likeness (QED) is 0.684. The molecule has 0 aliphatic rings. The molecule has 0 aliphatic heterocycles. The maximum absolute atomic E-state index is 11.6. The molecule has 90 valence electrons. The molecule has 0 saturated heterocycles. The minimum absolute atomic E-state index is 0.0350. The van der Waals surface area contributed by atoms with E-state index < -0.39 is 0 Å². The third-order valence-electron chi connectivity index (χ3n) is 2.47. The van der Waals surface area contributed by atoms with E-state index in [1.54, 1.807) is 6.20 Å². The maximum Gasteiger partial charge on any atom is 0.238 e. The number of hydrogen-bond acceptors (Lipinski definition) is 3. The van der Waals surface area contributed by atoms with Crippen LogP contribution in [-0.4, -0.2) is 29.2 Å². The van der Waals surface area contributed by atoms with Crippen molar-refractivity contribution in [2.45, 2.75) is 13.3 Å². The predicted molar refractivity (Wildman–Crippen MR) is 67.9 cm³/mol. The molecule has 0 atom stereocenters. The molecule has 5 heteroatoms. The molecule has 17 heavy (non-hydrogen) atoms. The monoisotopic (exact) mass is 232 g/mol. The average Bonchev–Trinajstić information content (AvgIpc) is 2.78. The van der Waals surface area contributed by atoms with Crippen molar-refractivity contribution in [3.8, 4) is 0 Å². The summed E-state index contributed by atoms with van der Waals surface area (Å²) >= 11 is 0. The van der Waals surface area contributed by atoms with Crippen molar-refractivity contribution in [3.63, 3.8) is 0 Å². The van der Waals surface area contributed by atoms with Gasteiger partial charge in [-0.15, -0.1) is 0 Å². The number of nitrogens with one attached hydrogen (secondary N) is 3. The fraction of sp³-hybridized carbons (Fsp3) is 0.333. The Labute approximate surface area is 99.6 Å². The molecule has 0 fully saturated rings. The second-order valence-electron chi connectivity index (χ2n) is 3.86. The van der Waals surface area contributed by atoms with Gasteiger partial charge in [-0.05, 0) is 25.1 Å². The van der Waals surface area contributed by atoms with Gasteiger partial charge in [0.2, 0.25) is 5.91 Å². The lowest BCUT2D eigenvalue weighted by molar-refractivity contribution is -0.115. The number of aromatic amines is 1. The Bertz CT molecular complexity index is 506. The Morgan fingerprint density at radius 3 is 3.18 bits per heavy atom. The molecular formula is C12H16N4O. The molecule has 5 nitrogen and oxygen atoms in total. The van der Waals surface area contributed by atoms with Crippen LogP contribution in [0.25, 0.3) is 10.9 Å². The highest BCUT2D eigenvalue weighted by molar-refractivity contribution is 6.01. The number of H-pyrrole nitrogens is 1. The van der Waals surface area contributed by atoms with Crippen LogP contribution in [0.15, 0.2) is 24.4 Å². The molecule has 2 rings (SSSR count). The summed E-state index contributed by atoms with van der Waals surface area (Å²) in [6.45, 7) is 3.25. The smallest absolute Gasteiger partial charge is 0.238 e. The van der Waals surface area contributed by atoms with E-state index in [9.17, 15) is 4.79 Å². The normalized spacial score (nSPS) is 10.6. The summed E-state index contributed by atoms with van der Waals surface area (Å²) < 4.78 is 0. The van der Waals surface area contributed by atoms with Crippen LogP contribution in [0.5, 0.6) is 0 Å². The number of fused-ring (bicyclic) bond motifs is 1. The lowest BCUT2D eigenvalue weighted by Gasteiger charge is -2.06. The summed E-state index contributed by atoms with van der Waals surface area (Å²) in [6, 6.07) is 5.68. The number of hydrogen-bond donors (Lipinski definition) is 3. The highest BCUT2D eigenvalue weighted by Gasteiger charge is 2.05. The summed E-state index contributed by atoms with van der Waals surface area (Å²) in [5.41, 5.74) is 1.71. The van der Waals surface area contributed by atoms with Crippen molar-refractivity contribution >= 4 is 22.5 Å². The molecule has 0 aliphatic carbocycles. The third-order valence-corrected chi connectivity index (χ3v) is 2.47. The second kappa shape index (κ2) is 5.45. The third kappa shape index (κ3) is 2.82. The Morgan fingerprint density at radius 1 is 1.47 bits per heavy atom. The van der Waals surface area contributed by atoms with Gasteiger partial charge in [-0.3, -0.25) is 9.89 Å². The van der Waals surface area contributed by atoms with Gasteiger partial charge >= 0.3 is 0 Å². The number of nitrogens with zero attached hydrogens (tertiary/aromatic N) is 1. The molecule has 3 N–H and O–H groups in total. The molecule has 2 aromatic rings. The van der Waals surface area contributed by atoms with Crippen molar-refractivity contribution in [1.29, 1.82) is 0 Å². The summed E-state index contributed by atoms with van der Waals surface area (Å²) in [5, 5.41) is 13.7. The van der Waals surface area contributed by atoms with Crippen LogP contribution in [0.4, 0.5) is 5.69 Å². The molecule has 1 aromatic carbocycles. The van der Waals surface area contributed by atoms with Crippen LogP contribution >= 0.6 is 0 Å². The van der Waals surface area contributed by atoms with Crippen molar-refractivity contribution in [2.75, 3.05) is 18.4 Å². The number of aromatic nitrogens is 2. The van der Waals surface area contributed by atoms with Crippen molar-refractivity contribution < 1.29 is 4.79 Å². The Morgan fingerprint density at radius 2 is 2.35 bits per heavy atom. The summed E-state index contributed by atoms with van der Waals surface area (Å²) in [5.74, 6) is -0.0350. The van der Waals surface area contributed by atoms with Crippen LogP contribution < -0.4 is 10.6 Å². The Kier molecular flexibility index (Phi) is 3.72. The van der Waals surface area contributed by atoms with E-state index in [4.69, 9.17) is 0 Å². The van der Waals surface area contributed by atoms with Gasteiger partial charge in [-0.1, -0.05) is 13.0 Å². The van der Waals surface area contributed by atoms with Crippen LogP contribution in [-0.2, 0) is 4.79 Å². The SMILES string of the molecule is CCCNCC(=O)Nc1cccc2[nH]ncc12. The van der Waals surface area contributed by atoms with Gasteiger partial charge in [-0.2, -0.15) is 5.10 Å². The van der Waals surface area contributed by atoms with E-state index in [1.165, 1.54) is 0 Å². The van der Waals surface area contributed by atoms with Crippen LogP contribution in [0.3, 0.4) is 0 Å². The molecule has 0 radical (unpaired) electrons. The van der Waals surface area contributed by atoms with Crippen molar-refractivity contribution in [2.24, 2.45) is 0 Å². The Balaban J connectivity index is 2.03. The average molecular weight is 232 g/mol. The summed E-state index contributed by atoms with van der Waals surface area (Å²) in [7, 11) is 0. The Hall–Kier alpha value is -1.88. The van der Waals surface area contributed by atoms with Gasteiger partial charge in [0.25, 0.3) is 0 Å². The molecule has 0 bridgehead atoms. The molecule has 1 heterocycles. The van der Waals surface area contributed by atoms with Crippen LogP contribution in [0.1, 0.15) is 13.3 Å². The standard InChI is InChI=1S/C12H16N4O/c1-2-6-13-8-12(17)15-10-4-3-5-11-9(10)7-14-16-11/h3-5,7,13H,2,6,8H2,1H3,(H,14,16)(H,15,17). The van der Waals surface area contributed by atoms with Gasteiger partial charge in [-0.25, -0.2) is 0 Å². The first-order valence-electron chi connectivity index (χ1n) is 5.74. The molecular weight excluding hydrogens is 216 g/mol. The summed E-state index contributed by atoms with van der Waals surface area (Å²) in [4.78, 5) is 11.6. The van der Waals surface area contributed by atoms with E-state index in [2.05, 4.69) is 27.8 Å². The van der Waals surface area contributed by atoms with E-state index in [1.807, 2.05) is 18.2 Å². The minimum atomic E-state index is -0.0350. The zero-order valence-corrected chi connectivity index (χ0v) is 9.79. The number of amides is 1. The maximum atomic E-state index is 11.6. The van der Waals surface area contributed by atoms with E-state index in [-0.39, 0.29) is 5.91 Å². The first-order chi connectivity index (χ1) is 8.31. The van der Waals surface area contributed by atoms with Gasteiger partial charge < -0.3 is 10.6 Å². The number of benzene rings is 1. The molecule has 1 amide bonds. The highest BCUT2D eigenvalue weighted by atomic mass is 16.1. The number of carbonyl (C=O) groups excluding carboxylic acids is 1. The second-order valence-corrected chi connectivity index (χ2v) is 3.86. The van der Waals surface area contributed by atoms with E-state index in [0.29, 0.717) is 6.54 Å². The fourth-order valence-electron chi connectivity index (χ4n) is 1.65. The van der Waals surface area contributed by atoms with Crippen LogP contribution in [0.2, 0.25) is 0 Å². The van der Waals surface area contributed by atoms with Gasteiger partial charge in [0.15, 0.2) is 0 Å². The van der Waals surface area contributed by atoms with E-state index >= 15 is 0 Å². The number of anilines is 1. The van der Waals surface area contributed by atoms with E-state index in [0.717, 1.165) is 29.6 Å². The molecule has 0 saturated carbocycles. The van der Waals surface area contributed by atoms with Gasteiger partial charge in [0.05, 0.1) is 23.9 Å². The van der Waals surface area contributed by atoms with Crippen molar-refractivity contribution in [3.05, 3.63) is 24.4 Å². The molecule has 0 spiro atoms. The lowest BCUT2D eigenvalue weighted by atomic mass is 10.2. The fourth-order valence-corrected chi connectivity index (χ4v) is 1.65. The zero-order chi connectivity index (χ0) is 12.1. The molecule has 0 unspecified atom stereocenters. The van der Waals surface area contributed by atoms with Crippen molar-refractivity contribution in [1.82, 2.24) is 15.5 Å². The number of rotatable bonds is 5. The largest absolute Gasteiger partial charge is 0.324 e. The van der Waals surface area contributed by atoms with Gasteiger partial charge in [0.1, 0.15) is 0 Å². The molecule has 1 aromatic heterocycles. The highest BCUT2D eigenvalue weighted by Crippen LogP contribution is 2.20. The van der Waals surface area contributed by atoms with Gasteiger partial charge in [0, 0.05) is 5.39 Å². The first kappa shape index (κ1) is 11.6. The predicted octanol–water partition coefficient (Wildman–Crippen LogP) is 1.50. The number of carbonyl (C=O) groups is 1. The summed E-state index contributed by atoms with van der Waals surface area (Å²) in [6.07, 6.45) is 2.73. The zero-order valence-electron chi connectivity index (χ0n) is 9.79.